The van der Waals surface area contributed by atoms with Gasteiger partial charge in [0.15, 0.2) is 11.5 Å². The van der Waals surface area contributed by atoms with Crippen molar-refractivity contribution in [2.45, 2.75) is 0 Å². The van der Waals surface area contributed by atoms with Gasteiger partial charge in [0.1, 0.15) is 5.82 Å². The third kappa shape index (κ3) is 3.36. The molecule has 32 heavy (non-hydrogen) atoms. The Bertz CT molecular complexity index is 1360. The number of rotatable bonds is 4. The van der Waals surface area contributed by atoms with Crippen LogP contribution in [-0.2, 0) is 4.74 Å². The molecule has 5 aromatic heterocycles. The number of hydrogen-bond donors (Lipinski definition) is 0. The number of pyridine rings is 1. The van der Waals surface area contributed by atoms with Crippen molar-refractivity contribution in [3.05, 3.63) is 67.4 Å². The van der Waals surface area contributed by atoms with E-state index in [1.165, 1.54) is 0 Å². The molecule has 0 saturated carbocycles. The smallest absolute Gasteiger partial charge is 0.160 e. The van der Waals surface area contributed by atoms with Crippen molar-refractivity contribution in [2.75, 3.05) is 31.2 Å². The van der Waals surface area contributed by atoms with Crippen molar-refractivity contribution < 1.29 is 4.74 Å². The first-order valence-corrected chi connectivity index (χ1v) is 10.3. The number of hydrogen-bond acceptors (Lipinski definition) is 8. The van der Waals surface area contributed by atoms with Gasteiger partial charge in [-0.2, -0.15) is 24.9 Å². The van der Waals surface area contributed by atoms with E-state index in [2.05, 4.69) is 20.1 Å². The molecule has 0 atom stereocenters. The summed E-state index contributed by atoms with van der Waals surface area (Å²) in [5.74, 6) is 1.67. The highest BCUT2D eigenvalue weighted by atomic mass is 16.5. The Labute approximate surface area is 183 Å². The van der Waals surface area contributed by atoms with Gasteiger partial charge in [0.05, 0.1) is 37.0 Å². The maximum atomic E-state index is 5.55. The van der Waals surface area contributed by atoms with Crippen molar-refractivity contribution in [2.24, 2.45) is 0 Å². The minimum atomic E-state index is 0.679. The summed E-state index contributed by atoms with van der Waals surface area (Å²) in [4.78, 5) is 11.2. The van der Waals surface area contributed by atoms with E-state index < -0.39 is 0 Å². The van der Waals surface area contributed by atoms with Gasteiger partial charge >= 0.3 is 0 Å². The highest BCUT2D eigenvalue weighted by Crippen LogP contribution is 2.26. The molecule has 6 rings (SSSR count). The quantitative estimate of drug-likeness (QED) is 0.432. The molecule has 10 nitrogen and oxygen atoms in total. The fraction of sp³-hybridized carbons (Fsp3) is 0.182. The topological polar surface area (TPSA) is 99.2 Å². The molecule has 0 bridgehead atoms. The minimum absolute atomic E-state index is 0.679. The Hall–Kier alpha value is -4.18. The van der Waals surface area contributed by atoms with Crippen LogP contribution in [0.15, 0.2) is 67.4 Å². The Balaban J connectivity index is 1.48. The Morgan fingerprint density at radius 2 is 1.66 bits per heavy atom. The zero-order chi connectivity index (χ0) is 21.3. The molecule has 0 aromatic carbocycles. The number of ether oxygens (including phenoxy) is 1. The van der Waals surface area contributed by atoms with E-state index in [1.807, 2.05) is 47.1 Å². The highest BCUT2D eigenvalue weighted by molar-refractivity contribution is 5.66. The van der Waals surface area contributed by atoms with Gasteiger partial charge in [-0.25, -0.2) is 9.67 Å². The lowest BCUT2D eigenvalue weighted by Gasteiger charge is -2.29. The number of nitrogens with zero attached hydrogens (tertiary/aromatic N) is 9. The summed E-state index contributed by atoms with van der Waals surface area (Å²) < 4.78 is 9.22. The Morgan fingerprint density at radius 1 is 0.812 bits per heavy atom. The van der Waals surface area contributed by atoms with E-state index in [-0.39, 0.29) is 0 Å². The second kappa shape index (κ2) is 7.82. The van der Waals surface area contributed by atoms with Crippen LogP contribution < -0.4 is 4.90 Å². The second-order valence-electron chi connectivity index (χ2n) is 7.38. The molecule has 0 spiro atoms. The molecule has 5 aromatic rings. The fourth-order valence-corrected chi connectivity index (χ4v) is 3.79. The first-order valence-electron chi connectivity index (χ1n) is 10.3. The van der Waals surface area contributed by atoms with Gasteiger partial charge < -0.3 is 9.64 Å². The molecular weight excluding hydrogens is 406 g/mol. The van der Waals surface area contributed by atoms with Crippen LogP contribution in [0.5, 0.6) is 0 Å². The van der Waals surface area contributed by atoms with Crippen LogP contribution in [0.4, 0.5) is 5.82 Å². The van der Waals surface area contributed by atoms with Crippen LogP contribution in [-0.4, -0.2) is 65.9 Å². The van der Waals surface area contributed by atoms with E-state index in [9.17, 15) is 0 Å². The molecule has 0 N–H and O–H groups in total. The van der Waals surface area contributed by atoms with Crippen LogP contribution in [0.25, 0.3) is 34.0 Å². The average molecular weight is 425 g/mol. The maximum Gasteiger partial charge on any atom is 0.160 e. The van der Waals surface area contributed by atoms with E-state index in [0.29, 0.717) is 19.0 Å². The van der Waals surface area contributed by atoms with Gasteiger partial charge in [0, 0.05) is 54.9 Å². The molecule has 0 unspecified atom stereocenters. The molecule has 1 fully saturated rings. The van der Waals surface area contributed by atoms with Gasteiger partial charge in [-0.15, -0.1) is 0 Å². The van der Waals surface area contributed by atoms with E-state index in [0.717, 1.165) is 47.1 Å². The number of anilines is 1. The lowest BCUT2D eigenvalue weighted by Crippen LogP contribution is -2.37. The van der Waals surface area contributed by atoms with Gasteiger partial charge in [-0.1, -0.05) is 0 Å². The number of fused-ring (bicyclic) bond motifs is 1. The van der Waals surface area contributed by atoms with E-state index in [1.54, 1.807) is 29.5 Å². The van der Waals surface area contributed by atoms with E-state index >= 15 is 0 Å². The van der Waals surface area contributed by atoms with Crippen molar-refractivity contribution >= 4 is 11.5 Å². The summed E-state index contributed by atoms with van der Waals surface area (Å²) in [5.41, 5.74) is 4.29. The average Bonchev–Trinajstić information content (AvgIpc) is 3.53. The highest BCUT2D eigenvalue weighted by Gasteiger charge is 2.19. The van der Waals surface area contributed by atoms with Crippen molar-refractivity contribution in [1.29, 1.82) is 0 Å². The van der Waals surface area contributed by atoms with Crippen molar-refractivity contribution in [3.63, 3.8) is 0 Å². The molecule has 10 heteroatoms. The third-order valence-corrected chi connectivity index (χ3v) is 5.41. The summed E-state index contributed by atoms with van der Waals surface area (Å²) in [5, 5.41) is 17.3. The van der Waals surface area contributed by atoms with Crippen LogP contribution in [0.3, 0.4) is 0 Å². The molecule has 1 aliphatic heterocycles. The number of morpholine rings is 1. The molecule has 1 saturated heterocycles. The van der Waals surface area contributed by atoms with Crippen LogP contribution in [0.2, 0.25) is 0 Å². The first kappa shape index (κ1) is 18.6. The Kier molecular flexibility index (Phi) is 4.54. The fourth-order valence-electron chi connectivity index (χ4n) is 3.79. The molecule has 0 aliphatic carbocycles. The summed E-state index contributed by atoms with van der Waals surface area (Å²) >= 11 is 0. The van der Waals surface area contributed by atoms with Gasteiger partial charge in [-0.3, -0.25) is 4.98 Å². The summed E-state index contributed by atoms with van der Waals surface area (Å²) in [6.07, 6.45) is 8.78. The molecule has 0 radical (unpaired) electrons. The SMILES string of the molecule is c1cc(-c2cc3nc(-n4ccc(-c5ccnnc5)n4)cc(N4CCOCC4)n3n2)ccn1. The maximum absolute atomic E-state index is 5.55. The molecule has 1 aliphatic rings. The standard InChI is InChI=1S/C22H19N9O/c1-5-23-6-2-16(1)19-13-21-26-20(14-22(31(21)28-19)29-9-11-32-12-10-29)30-8-4-18(27-30)17-3-7-24-25-15-17/h1-8,13-15H,9-12H2. The van der Waals surface area contributed by atoms with Gasteiger partial charge in [-0.05, 0) is 24.3 Å². The molecular formula is C22H19N9O. The summed E-state index contributed by atoms with van der Waals surface area (Å²) in [6.45, 7) is 2.93. The largest absolute Gasteiger partial charge is 0.378 e. The first-order chi connectivity index (χ1) is 15.8. The monoisotopic (exact) mass is 425 g/mol. The zero-order valence-electron chi connectivity index (χ0n) is 17.1. The summed E-state index contributed by atoms with van der Waals surface area (Å²) in [6, 6.07) is 11.7. The predicted molar refractivity (Wildman–Crippen MR) is 117 cm³/mol. The van der Waals surface area contributed by atoms with Crippen molar-refractivity contribution in [3.8, 4) is 28.3 Å². The molecule has 6 heterocycles. The van der Waals surface area contributed by atoms with Gasteiger partial charge in [0.25, 0.3) is 0 Å². The molecule has 0 amide bonds. The van der Waals surface area contributed by atoms with E-state index in [4.69, 9.17) is 19.9 Å². The lowest BCUT2D eigenvalue weighted by molar-refractivity contribution is 0.122. The van der Waals surface area contributed by atoms with Crippen molar-refractivity contribution in [1.82, 2.24) is 39.6 Å². The molecule has 158 valence electrons. The Morgan fingerprint density at radius 3 is 2.47 bits per heavy atom. The predicted octanol–water partition coefficient (Wildman–Crippen LogP) is 2.27. The minimum Gasteiger partial charge on any atom is -0.378 e. The van der Waals surface area contributed by atoms with Crippen LogP contribution in [0, 0.1) is 0 Å². The lowest BCUT2D eigenvalue weighted by atomic mass is 10.2. The van der Waals surface area contributed by atoms with Crippen LogP contribution in [0.1, 0.15) is 0 Å². The second-order valence-corrected chi connectivity index (χ2v) is 7.38. The third-order valence-electron chi connectivity index (χ3n) is 5.41. The summed E-state index contributed by atoms with van der Waals surface area (Å²) in [7, 11) is 0. The zero-order valence-corrected chi connectivity index (χ0v) is 17.1. The normalized spacial score (nSPS) is 14.2. The number of aromatic nitrogens is 8. The van der Waals surface area contributed by atoms with Crippen LogP contribution >= 0.6 is 0 Å². The van der Waals surface area contributed by atoms with Gasteiger partial charge in [0.2, 0.25) is 0 Å².